The van der Waals surface area contributed by atoms with Crippen LogP contribution in [0, 0.1) is 0 Å². The van der Waals surface area contributed by atoms with Crippen LogP contribution in [0.3, 0.4) is 0 Å². The molecule has 3 aromatic rings. The molecule has 0 bridgehead atoms. The summed E-state index contributed by atoms with van der Waals surface area (Å²) in [5, 5.41) is 16.8. The number of furan rings is 1. The number of rotatable bonds is 5. The van der Waals surface area contributed by atoms with Crippen molar-refractivity contribution in [1.82, 2.24) is 5.32 Å². The Morgan fingerprint density at radius 2 is 2.00 bits per heavy atom. The summed E-state index contributed by atoms with van der Waals surface area (Å²) >= 11 is 0. The molecule has 0 aliphatic rings. The Morgan fingerprint density at radius 3 is 2.83 bits per heavy atom. The van der Waals surface area contributed by atoms with Crippen molar-refractivity contribution in [3.63, 3.8) is 0 Å². The third-order valence-electron chi connectivity index (χ3n) is 3.49. The number of nitrogens with one attached hydrogen (secondary N) is 2. The fraction of sp³-hybridized carbons (Fsp3) is 0.235. The minimum Gasteiger partial charge on any atom is -0.456 e. The van der Waals surface area contributed by atoms with Crippen LogP contribution in [0.15, 0.2) is 46.9 Å². The highest BCUT2D eigenvalue weighted by Crippen LogP contribution is 2.30. The quantitative estimate of drug-likeness (QED) is 0.676. The molecule has 6 nitrogen and oxygen atoms in total. The number of aliphatic hydroxyl groups is 1. The van der Waals surface area contributed by atoms with Crippen LogP contribution in [0.5, 0.6) is 0 Å². The molecule has 0 aliphatic heterocycles. The van der Waals surface area contributed by atoms with Crippen LogP contribution in [0.25, 0.3) is 21.9 Å². The molecule has 2 amide bonds. The first-order valence-corrected chi connectivity index (χ1v) is 7.30. The molecule has 0 radical (unpaired) electrons. The Hall–Kier alpha value is -2.57. The van der Waals surface area contributed by atoms with Crippen LogP contribution in [0.4, 0.5) is 10.5 Å². The van der Waals surface area contributed by atoms with Crippen LogP contribution in [0.1, 0.15) is 0 Å². The van der Waals surface area contributed by atoms with Gasteiger partial charge in [-0.05, 0) is 18.2 Å². The Bertz CT molecular complexity index is 828. The summed E-state index contributed by atoms with van der Waals surface area (Å²) in [5.41, 5.74) is 2.14. The largest absolute Gasteiger partial charge is 0.456 e. The van der Waals surface area contributed by atoms with E-state index in [2.05, 4.69) is 10.6 Å². The van der Waals surface area contributed by atoms with E-state index in [1.54, 1.807) is 6.07 Å². The molecule has 0 saturated carbocycles. The summed E-state index contributed by atoms with van der Waals surface area (Å²) in [5.74, 6) is 0. The van der Waals surface area contributed by atoms with Gasteiger partial charge in [-0.3, -0.25) is 0 Å². The number of para-hydroxylation sites is 1. The SMILES string of the molecule is COC[C@@H](O)CNC(=O)Nc1ccc2c(c1)oc1ccccc12. The second-order valence-electron chi connectivity index (χ2n) is 5.25. The van der Waals surface area contributed by atoms with Gasteiger partial charge in [-0.25, -0.2) is 4.79 Å². The van der Waals surface area contributed by atoms with E-state index in [4.69, 9.17) is 9.15 Å². The molecule has 1 aromatic heterocycles. The van der Waals surface area contributed by atoms with Gasteiger partial charge < -0.3 is 24.9 Å². The van der Waals surface area contributed by atoms with E-state index in [9.17, 15) is 9.90 Å². The number of fused-ring (bicyclic) bond motifs is 3. The minimum atomic E-state index is -0.733. The Balaban J connectivity index is 1.71. The zero-order valence-electron chi connectivity index (χ0n) is 12.7. The highest BCUT2D eigenvalue weighted by molar-refractivity contribution is 6.06. The molecule has 0 unspecified atom stereocenters. The summed E-state index contributed by atoms with van der Waals surface area (Å²) in [4.78, 5) is 11.8. The predicted molar refractivity (Wildman–Crippen MR) is 88.6 cm³/mol. The molecule has 3 N–H and O–H groups in total. The monoisotopic (exact) mass is 314 g/mol. The number of anilines is 1. The molecule has 3 rings (SSSR count). The lowest BCUT2D eigenvalue weighted by atomic mass is 10.1. The second kappa shape index (κ2) is 6.68. The normalized spacial score (nSPS) is 12.4. The number of hydrogen-bond donors (Lipinski definition) is 3. The van der Waals surface area contributed by atoms with Crippen LogP contribution in [-0.2, 0) is 4.74 Å². The Labute approximate surface area is 133 Å². The molecule has 2 aromatic carbocycles. The van der Waals surface area contributed by atoms with Gasteiger partial charge in [0.25, 0.3) is 0 Å². The van der Waals surface area contributed by atoms with E-state index in [1.807, 2.05) is 36.4 Å². The van der Waals surface area contributed by atoms with Crippen LogP contribution < -0.4 is 10.6 Å². The highest BCUT2D eigenvalue weighted by Gasteiger charge is 2.09. The summed E-state index contributed by atoms with van der Waals surface area (Å²) in [6.45, 7) is 0.289. The molecule has 0 fully saturated rings. The van der Waals surface area contributed by atoms with Gasteiger partial charge in [0.1, 0.15) is 11.2 Å². The van der Waals surface area contributed by atoms with Crippen molar-refractivity contribution in [2.75, 3.05) is 25.6 Å². The fourth-order valence-electron chi connectivity index (χ4n) is 2.44. The zero-order chi connectivity index (χ0) is 16.2. The average molecular weight is 314 g/mol. The summed E-state index contributed by atoms with van der Waals surface area (Å²) in [7, 11) is 1.49. The lowest BCUT2D eigenvalue weighted by Gasteiger charge is -2.11. The van der Waals surface area contributed by atoms with Gasteiger partial charge in [0, 0.05) is 36.2 Å². The van der Waals surface area contributed by atoms with E-state index < -0.39 is 12.1 Å². The van der Waals surface area contributed by atoms with Crippen molar-refractivity contribution in [2.24, 2.45) is 0 Å². The minimum absolute atomic E-state index is 0.118. The molecular formula is C17H18N2O4. The van der Waals surface area contributed by atoms with Gasteiger partial charge in [0.15, 0.2) is 0 Å². The Kier molecular flexibility index (Phi) is 4.45. The molecule has 23 heavy (non-hydrogen) atoms. The molecule has 1 heterocycles. The Morgan fingerprint density at radius 1 is 1.22 bits per heavy atom. The number of amides is 2. The highest BCUT2D eigenvalue weighted by atomic mass is 16.5. The van der Waals surface area contributed by atoms with Crippen LogP contribution in [0.2, 0.25) is 0 Å². The maximum Gasteiger partial charge on any atom is 0.319 e. The first-order chi connectivity index (χ1) is 11.2. The molecular weight excluding hydrogens is 296 g/mol. The van der Waals surface area contributed by atoms with E-state index in [-0.39, 0.29) is 13.2 Å². The number of urea groups is 1. The number of hydrogen-bond acceptors (Lipinski definition) is 4. The molecule has 0 spiro atoms. The molecule has 120 valence electrons. The van der Waals surface area contributed by atoms with Crippen molar-refractivity contribution in [3.8, 4) is 0 Å². The smallest absolute Gasteiger partial charge is 0.319 e. The number of benzene rings is 2. The standard InChI is InChI=1S/C17H18N2O4/c1-22-10-12(20)9-18-17(21)19-11-6-7-14-13-4-2-3-5-15(13)23-16(14)8-11/h2-8,12,20H,9-10H2,1H3,(H2,18,19,21)/t12-/m0/s1. The maximum absolute atomic E-state index is 11.8. The number of methoxy groups -OCH3 is 1. The van der Waals surface area contributed by atoms with Crippen LogP contribution in [-0.4, -0.2) is 37.5 Å². The van der Waals surface area contributed by atoms with Crippen molar-refractivity contribution < 1.29 is 19.1 Å². The predicted octanol–water partition coefficient (Wildman–Crippen LogP) is 2.71. The van der Waals surface area contributed by atoms with Gasteiger partial charge in [-0.2, -0.15) is 0 Å². The molecule has 0 saturated heterocycles. The number of carbonyl (C=O) groups excluding carboxylic acids is 1. The lowest BCUT2D eigenvalue weighted by Crippen LogP contribution is -2.36. The maximum atomic E-state index is 11.8. The van der Waals surface area contributed by atoms with Crippen molar-refractivity contribution in [1.29, 1.82) is 0 Å². The number of aliphatic hydroxyl groups excluding tert-OH is 1. The zero-order valence-corrected chi connectivity index (χ0v) is 12.7. The van der Waals surface area contributed by atoms with Gasteiger partial charge in [0.2, 0.25) is 0 Å². The summed E-state index contributed by atoms with van der Waals surface area (Å²) in [6, 6.07) is 12.9. The second-order valence-corrected chi connectivity index (χ2v) is 5.25. The van der Waals surface area contributed by atoms with E-state index in [0.717, 1.165) is 16.4 Å². The summed E-state index contributed by atoms with van der Waals surface area (Å²) < 4.78 is 10.6. The van der Waals surface area contributed by atoms with Gasteiger partial charge >= 0.3 is 6.03 Å². The average Bonchev–Trinajstić information content (AvgIpc) is 2.91. The van der Waals surface area contributed by atoms with Gasteiger partial charge in [-0.15, -0.1) is 0 Å². The van der Waals surface area contributed by atoms with Crippen LogP contribution >= 0.6 is 0 Å². The third kappa shape index (κ3) is 3.44. The lowest BCUT2D eigenvalue weighted by molar-refractivity contribution is 0.0663. The molecule has 6 heteroatoms. The molecule has 1 atom stereocenters. The summed E-state index contributed by atoms with van der Waals surface area (Å²) in [6.07, 6.45) is -0.733. The van der Waals surface area contributed by atoms with E-state index in [0.29, 0.717) is 11.3 Å². The van der Waals surface area contributed by atoms with Gasteiger partial charge in [0.05, 0.1) is 12.7 Å². The van der Waals surface area contributed by atoms with Crippen molar-refractivity contribution >= 4 is 33.7 Å². The first-order valence-electron chi connectivity index (χ1n) is 7.30. The third-order valence-corrected chi connectivity index (χ3v) is 3.49. The fourth-order valence-corrected chi connectivity index (χ4v) is 2.44. The van der Waals surface area contributed by atoms with E-state index >= 15 is 0 Å². The first kappa shape index (κ1) is 15.3. The number of ether oxygens (including phenoxy) is 1. The van der Waals surface area contributed by atoms with Crippen molar-refractivity contribution in [2.45, 2.75) is 6.10 Å². The van der Waals surface area contributed by atoms with Crippen molar-refractivity contribution in [3.05, 3.63) is 42.5 Å². The topological polar surface area (TPSA) is 83.7 Å². The molecule has 0 aliphatic carbocycles. The van der Waals surface area contributed by atoms with Gasteiger partial charge in [-0.1, -0.05) is 18.2 Å². The number of carbonyl (C=O) groups is 1. The van der Waals surface area contributed by atoms with E-state index in [1.165, 1.54) is 7.11 Å².